The molecule has 0 bridgehead atoms. The van der Waals surface area contributed by atoms with Crippen LogP contribution in [0.3, 0.4) is 0 Å². The predicted molar refractivity (Wildman–Crippen MR) is 82.3 cm³/mol. The first kappa shape index (κ1) is 15.3. The Morgan fingerprint density at radius 1 is 1.50 bits per heavy atom. The zero-order valence-corrected chi connectivity index (χ0v) is 13.8. The summed E-state index contributed by atoms with van der Waals surface area (Å²) in [5.74, 6) is 0.0258. The third-order valence-corrected chi connectivity index (χ3v) is 5.70. The fourth-order valence-electron chi connectivity index (χ4n) is 2.75. The van der Waals surface area contributed by atoms with E-state index in [1.165, 1.54) is 10.9 Å². The fourth-order valence-corrected chi connectivity index (χ4v) is 4.23. The van der Waals surface area contributed by atoms with Crippen LogP contribution in [0, 0.1) is 6.92 Å². The molecule has 1 amide bonds. The molecule has 2 aromatic heterocycles. The Bertz CT molecular complexity index is 835. The Hall–Kier alpha value is -1.64. The maximum atomic E-state index is 12.7. The van der Waals surface area contributed by atoms with Gasteiger partial charge in [0.1, 0.15) is 5.76 Å². The average Bonchev–Trinajstić information content (AvgIpc) is 3.04. The third-order valence-electron chi connectivity index (χ3n) is 3.94. The number of thiophene rings is 1. The molecule has 1 atom stereocenters. The van der Waals surface area contributed by atoms with Gasteiger partial charge in [-0.05, 0) is 37.3 Å². The molecule has 0 saturated heterocycles. The maximum Gasteiger partial charge on any atom is 0.271 e. The van der Waals surface area contributed by atoms with Crippen molar-refractivity contribution >= 4 is 27.3 Å². The van der Waals surface area contributed by atoms with Gasteiger partial charge in [0.2, 0.25) is 5.09 Å². The molecule has 3 rings (SSSR count). The number of hydrogen-bond donors (Lipinski definition) is 1. The fraction of sp³-hybridized carbons (Fsp3) is 0.357. The van der Waals surface area contributed by atoms with Crippen LogP contribution in [0.5, 0.6) is 0 Å². The Morgan fingerprint density at radius 2 is 2.23 bits per heavy atom. The number of rotatable bonds is 2. The molecule has 8 heteroatoms. The van der Waals surface area contributed by atoms with Gasteiger partial charge in [-0.15, -0.1) is 11.3 Å². The summed E-state index contributed by atoms with van der Waals surface area (Å²) in [6.45, 7) is 4.13. The van der Waals surface area contributed by atoms with Crippen molar-refractivity contribution in [3.05, 3.63) is 39.3 Å². The van der Waals surface area contributed by atoms with E-state index in [1.807, 2.05) is 18.4 Å². The lowest BCUT2D eigenvalue weighted by molar-refractivity contribution is 0.0677. The van der Waals surface area contributed by atoms with Crippen LogP contribution in [-0.2, 0) is 16.4 Å². The van der Waals surface area contributed by atoms with E-state index in [9.17, 15) is 13.2 Å². The Balaban J connectivity index is 1.94. The molecule has 1 aliphatic rings. The Morgan fingerprint density at radius 3 is 2.86 bits per heavy atom. The first-order valence-electron chi connectivity index (χ1n) is 6.79. The number of carbonyl (C=O) groups excluding carboxylic acids is 1. The number of fused-ring (bicyclic) bond motifs is 1. The summed E-state index contributed by atoms with van der Waals surface area (Å²) < 4.78 is 27.8. The number of amides is 1. The van der Waals surface area contributed by atoms with E-state index in [4.69, 9.17) is 9.56 Å². The minimum atomic E-state index is -3.96. The van der Waals surface area contributed by atoms with Gasteiger partial charge in [-0.2, -0.15) is 0 Å². The number of nitrogens with two attached hydrogens (primary N) is 1. The van der Waals surface area contributed by atoms with E-state index in [0.29, 0.717) is 6.54 Å². The van der Waals surface area contributed by atoms with Gasteiger partial charge in [0.05, 0.1) is 11.6 Å². The topological polar surface area (TPSA) is 93.6 Å². The SMILES string of the molecule is Cc1oc(S(N)(=O)=O)cc1C(=O)N1CCc2sccc2C1C. The summed E-state index contributed by atoms with van der Waals surface area (Å²) >= 11 is 1.70. The lowest BCUT2D eigenvalue weighted by Gasteiger charge is -2.33. The van der Waals surface area contributed by atoms with Crippen LogP contribution in [0.15, 0.2) is 27.0 Å². The molecule has 0 radical (unpaired) electrons. The summed E-state index contributed by atoms with van der Waals surface area (Å²) in [7, 11) is -3.96. The minimum Gasteiger partial charge on any atom is -0.448 e. The van der Waals surface area contributed by atoms with E-state index < -0.39 is 10.0 Å². The third kappa shape index (κ3) is 2.47. The van der Waals surface area contributed by atoms with E-state index in [0.717, 1.165) is 12.0 Å². The second kappa shape index (κ2) is 5.22. The van der Waals surface area contributed by atoms with Crippen molar-refractivity contribution < 1.29 is 17.6 Å². The van der Waals surface area contributed by atoms with Crippen LogP contribution in [0.2, 0.25) is 0 Å². The number of furan rings is 1. The van der Waals surface area contributed by atoms with Crippen molar-refractivity contribution in [2.24, 2.45) is 5.14 Å². The molecule has 118 valence electrons. The number of nitrogens with zero attached hydrogens (tertiary/aromatic N) is 1. The molecule has 0 saturated carbocycles. The molecular formula is C14H16N2O4S2. The Labute approximate surface area is 132 Å². The predicted octanol–water partition coefficient (Wildman–Crippen LogP) is 2.06. The van der Waals surface area contributed by atoms with Gasteiger partial charge in [0.15, 0.2) is 0 Å². The molecule has 22 heavy (non-hydrogen) atoms. The molecule has 0 aliphatic carbocycles. The highest BCUT2D eigenvalue weighted by molar-refractivity contribution is 7.89. The van der Waals surface area contributed by atoms with Gasteiger partial charge in [-0.1, -0.05) is 0 Å². The van der Waals surface area contributed by atoms with Crippen LogP contribution in [-0.4, -0.2) is 25.8 Å². The van der Waals surface area contributed by atoms with Gasteiger partial charge < -0.3 is 9.32 Å². The Kier molecular flexibility index (Phi) is 3.62. The lowest BCUT2D eigenvalue weighted by atomic mass is 10.0. The van der Waals surface area contributed by atoms with Crippen molar-refractivity contribution in [1.29, 1.82) is 0 Å². The lowest BCUT2D eigenvalue weighted by Crippen LogP contribution is -2.38. The highest BCUT2D eigenvalue weighted by atomic mass is 32.2. The summed E-state index contributed by atoms with van der Waals surface area (Å²) in [5.41, 5.74) is 1.40. The van der Waals surface area contributed by atoms with E-state index >= 15 is 0 Å². The zero-order valence-electron chi connectivity index (χ0n) is 12.2. The van der Waals surface area contributed by atoms with Crippen molar-refractivity contribution in [2.45, 2.75) is 31.4 Å². The summed E-state index contributed by atoms with van der Waals surface area (Å²) in [6.07, 6.45) is 0.808. The second-order valence-corrected chi connectivity index (χ2v) is 7.80. The summed E-state index contributed by atoms with van der Waals surface area (Å²) in [4.78, 5) is 15.8. The number of carbonyl (C=O) groups is 1. The number of primary sulfonamides is 1. The summed E-state index contributed by atoms with van der Waals surface area (Å²) in [5, 5.41) is 6.69. The molecular weight excluding hydrogens is 324 g/mol. The van der Waals surface area contributed by atoms with Crippen molar-refractivity contribution in [3.8, 4) is 0 Å². The molecule has 0 fully saturated rings. The molecule has 1 unspecified atom stereocenters. The van der Waals surface area contributed by atoms with E-state index in [1.54, 1.807) is 23.2 Å². The summed E-state index contributed by atoms with van der Waals surface area (Å²) in [6, 6.07) is 3.19. The molecule has 6 nitrogen and oxygen atoms in total. The smallest absolute Gasteiger partial charge is 0.271 e. The van der Waals surface area contributed by atoms with Crippen LogP contribution >= 0.6 is 11.3 Å². The van der Waals surface area contributed by atoms with Crippen molar-refractivity contribution in [1.82, 2.24) is 4.90 Å². The molecule has 2 aromatic rings. The van der Waals surface area contributed by atoms with Crippen molar-refractivity contribution in [3.63, 3.8) is 0 Å². The molecule has 0 aromatic carbocycles. The highest BCUT2D eigenvalue weighted by Crippen LogP contribution is 2.34. The van der Waals surface area contributed by atoms with Crippen LogP contribution in [0.4, 0.5) is 0 Å². The van der Waals surface area contributed by atoms with Gasteiger partial charge in [0, 0.05) is 17.5 Å². The van der Waals surface area contributed by atoms with E-state index in [-0.39, 0.29) is 28.4 Å². The standard InChI is InChI=1S/C14H16N2O4S2/c1-8-10-4-6-21-12(10)3-5-16(8)14(17)11-7-13(20-9(11)2)22(15,18)19/h4,6-8H,3,5H2,1-2H3,(H2,15,18,19). The molecule has 1 aliphatic heterocycles. The van der Waals surface area contributed by atoms with Crippen molar-refractivity contribution in [2.75, 3.05) is 6.54 Å². The molecule has 0 spiro atoms. The van der Waals surface area contributed by atoms with Crippen LogP contribution < -0.4 is 5.14 Å². The maximum absolute atomic E-state index is 12.7. The second-order valence-electron chi connectivity index (χ2n) is 5.30. The van der Waals surface area contributed by atoms with Gasteiger partial charge >= 0.3 is 0 Å². The monoisotopic (exact) mass is 340 g/mol. The molecule has 2 N–H and O–H groups in total. The van der Waals surface area contributed by atoms with Crippen LogP contribution in [0.1, 0.15) is 39.5 Å². The first-order chi connectivity index (χ1) is 10.3. The normalized spacial score (nSPS) is 18.3. The zero-order chi connectivity index (χ0) is 16.1. The van der Waals surface area contributed by atoms with Crippen LogP contribution in [0.25, 0.3) is 0 Å². The molecule has 3 heterocycles. The largest absolute Gasteiger partial charge is 0.448 e. The van der Waals surface area contributed by atoms with E-state index in [2.05, 4.69) is 0 Å². The number of sulfonamides is 1. The number of aryl methyl sites for hydroxylation is 1. The highest BCUT2D eigenvalue weighted by Gasteiger charge is 2.31. The first-order valence-corrected chi connectivity index (χ1v) is 9.22. The van der Waals surface area contributed by atoms with Gasteiger partial charge in [-0.3, -0.25) is 4.79 Å². The van der Waals surface area contributed by atoms with Gasteiger partial charge in [0.25, 0.3) is 15.9 Å². The number of hydrogen-bond acceptors (Lipinski definition) is 5. The quantitative estimate of drug-likeness (QED) is 0.905. The average molecular weight is 340 g/mol. The minimum absolute atomic E-state index is 0.0465. The van der Waals surface area contributed by atoms with Gasteiger partial charge in [-0.25, -0.2) is 13.6 Å².